The molecule has 1 aromatic rings. The lowest BCUT2D eigenvalue weighted by Crippen LogP contribution is -2.61. The van der Waals surface area contributed by atoms with Crippen LogP contribution in [0.5, 0.6) is 0 Å². The van der Waals surface area contributed by atoms with Gasteiger partial charge in [-0.2, -0.15) is 0 Å². The summed E-state index contributed by atoms with van der Waals surface area (Å²) in [6.07, 6.45) is 0. The molecule has 2 atom stereocenters. The Kier molecular flexibility index (Phi) is 3.90. The molecule has 0 spiro atoms. The quantitative estimate of drug-likeness (QED) is 0.851. The van der Waals surface area contributed by atoms with Crippen LogP contribution in [0.3, 0.4) is 0 Å². The minimum Gasteiger partial charge on any atom is -0.394 e. The highest BCUT2D eigenvalue weighted by Crippen LogP contribution is 2.27. The molecule has 1 heterocycles. The highest BCUT2D eigenvalue weighted by atomic mass is 35.5. The number of aryl methyl sites for hydroxylation is 1. The lowest BCUT2D eigenvalue weighted by Gasteiger charge is -2.38. The maximum absolute atomic E-state index is 12.3. The van der Waals surface area contributed by atoms with E-state index in [1.54, 1.807) is 17.0 Å². The van der Waals surface area contributed by atoms with Crippen molar-refractivity contribution in [1.29, 1.82) is 0 Å². The van der Waals surface area contributed by atoms with Crippen LogP contribution in [0.25, 0.3) is 0 Å². The molecule has 1 aliphatic heterocycles. The normalized spacial score (nSPS) is 24.4. The Hall–Kier alpha value is -1.10. The second kappa shape index (κ2) is 5.26. The van der Waals surface area contributed by atoms with Crippen molar-refractivity contribution in [3.05, 3.63) is 28.8 Å². The van der Waals surface area contributed by atoms with E-state index in [1.807, 2.05) is 19.9 Å². The predicted octanol–water partition coefficient (Wildman–Crippen LogP) is 1.33. The van der Waals surface area contributed by atoms with Gasteiger partial charge in [-0.3, -0.25) is 4.79 Å². The highest BCUT2D eigenvalue weighted by molar-refractivity contribution is 6.31. The first-order chi connectivity index (χ1) is 8.54. The number of piperazine rings is 1. The molecule has 2 unspecified atom stereocenters. The van der Waals surface area contributed by atoms with Crippen molar-refractivity contribution in [3.8, 4) is 0 Å². The first kappa shape index (κ1) is 13.3. The molecular weight excluding hydrogens is 252 g/mol. The Morgan fingerprint density at radius 2 is 2.28 bits per heavy atom. The number of carbonyl (C=O) groups excluding carboxylic acids is 1. The number of nitrogens with one attached hydrogen (secondary N) is 1. The van der Waals surface area contributed by atoms with E-state index >= 15 is 0 Å². The smallest absolute Gasteiger partial charge is 0.246 e. The number of amides is 1. The molecular formula is C13H17ClN2O2. The molecule has 1 amide bonds. The van der Waals surface area contributed by atoms with Crippen molar-refractivity contribution >= 4 is 23.2 Å². The van der Waals surface area contributed by atoms with Crippen LogP contribution >= 0.6 is 11.6 Å². The fourth-order valence-electron chi connectivity index (χ4n) is 2.22. The van der Waals surface area contributed by atoms with Gasteiger partial charge in [0, 0.05) is 23.3 Å². The van der Waals surface area contributed by atoms with Crippen molar-refractivity contribution in [3.63, 3.8) is 0 Å². The zero-order valence-corrected chi connectivity index (χ0v) is 11.2. The Balaban J connectivity index is 2.40. The van der Waals surface area contributed by atoms with Crippen LogP contribution in [0.4, 0.5) is 5.69 Å². The summed E-state index contributed by atoms with van der Waals surface area (Å²) in [6.45, 7) is 4.38. The standard InChI is InChI=1S/C13H17ClN2O2/c1-8-3-4-10(14)5-12(8)16-9(2)6-15-11(7-17)13(16)18/h3-5,9,11,15,17H,6-7H2,1-2H3. The highest BCUT2D eigenvalue weighted by Gasteiger charge is 2.33. The van der Waals surface area contributed by atoms with Gasteiger partial charge in [-0.1, -0.05) is 17.7 Å². The monoisotopic (exact) mass is 268 g/mol. The van der Waals surface area contributed by atoms with Crippen molar-refractivity contribution in [2.75, 3.05) is 18.1 Å². The second-order valence-electron chi connectivity index (χ2n) is 4.63. The third kappa shape index (κ3) is 2.36. The summed E-state index contributed by atoms with van der Waals surface area (Å²) in [6, 6.07) is 5.01. The predicted molar refractivity (Wildman–Crippen MR) is 72.0 cm³/mol. The van der Waals surface area contributed by atoms with Gasteiger partial charge in [0.05, 0.1) is 6.61 Å². The molecule has 5 heteroatoms. The van der Waals surface area contributed by atoms with Gasteiger partial charge in [-0.15, -0.1) is 0 Å². The van der Waals surface area contributed by atoms with E-state index in [4.69, 9.17) is 11.6 Å². The lowest BCUT2D eigenvalue weighted by atomic mass is 10.1. The number of rotatable bonds is 2. The number of benzene rings is 1. The zero-order chi connectivity index (χ0) is 13.3. The maximum atomic E-state index is 12.3. The SMILES string of the molecule is Cc1ccc(Cl)cc1N1C(=O)C(CO)NCC1C. The minimum absolute atomic E-state index is 0.0393. The van der Waals surface area contributed by atoms with Crippen molar-refractivity contribution in [1.82, 2.24) is 5.32 Å². The van der Waals surface area contributed by atoms with Crippen molar-refractivity contribution in [2.24, 2.45) is 0 Å². The number of anilines is 1. The first-order valence-electron chi connectivity index (χ1n) is 5.98. The van der Waals surface area contributed by atoms with E-state index in [0.29, 0.717) is 11.6 Å². The van der Waals surface area contributed by atoms with Crippen LogP contribution in [-0.2, 0) is 4.79 Å². The number of hydrogen-bond acceptors (Lipinski definition) is 3. The number of carbonyl (C=O) groups is 1. The van der Waals surface area contributed by atoms with Crippen molar-refractivity contribution in [2.45, 2.75) is 25.9 Å². The minimum atomic E-state index is -0.528. The van der Waals surface area contributed by atoms with Gasteiger partial charge in [0.15, 0.2) is 0 Å². The van der Waals surface area contributed by atoms with E-state index in [9.17, 15) is 9.90 Å². The van der Waals surface area contributed by atoms with Gasteiger partial charge in [0.25, 0.3) is 0 Å². The average molecular weight is 269 g/mol. The molecule has 0 radical (unpaired) electrons. The molecule has 2 rings (SSSR count). The number of nitrogens with zero attached hydrogens (tertiary/aromatic N) is 1. The average Bonchev–Trinajstić information content (AvgIpc) is 2.34. The summed E-state index contributed by atoms with van der Waals surface area (Å²) in [4.78, 5) is 14.0. The largest absolute Gasteiger partial charge is 0.394 e. The van der Waals surface area contributed by atoms with Crippen LogP contribution in [-0.4, -0.2) is 36.2 Å². The second-order valence-corrected chi connectivity index (χ2v) is 5.07. The topological polar surface area (TPSA) is 52.6 Å². The third-order valence-corrected chi connectivity index (χ3v) is 3.48. The van der Waals surface area contributed by atoms with Gasteiger partial charge >= 0.3 is 0 Å². The fourth-order valence-corrected chi connectivity index (χ4v) is 2.38. The summed E-state index contributed by atoms with van der Waals surface area (Å²) in [5.41, 5.74) is 1.82. The van der Waals surface area contributed by atoms with E-state index < -0.39 is 6.04 Å². The molecule has 18 heavy (non-hydrogen) atoms. The molecule has 1 aliphatic rings. The van der Waals surface area contributed by atoms with Crippen LogP contribution in [0, 0.1) is 6.92 Å². The number of aliphatic hydroxyl groups is 1. The summed E-state index contributed by atoms with van der Waals surface area (Å²) in [5, 5.41) is 12.8. The van der Waals surface area contributed by atoms with Crippen LogP contribution in [0.1, 0.15) is 12.5 Å². The van der Waals surface area contributed by atoms with Crippen molar-refractivity contribution < 1.29 is 9.90 Å². The Labute approximate surface area is 112 Å². The number of hydrogen-bond donors (Lipinski definition) is 2. The Bertz CT molecular complexity index is 464. The molecule has 98 valence electrons. The summed E-state index contributed by atoms with van der Waals surface area (Å²) < 4.78 is 0. The summed E-state index contributed by atoms with van der Waals surface area (Å²) in [7, 11) is 0. The van der Waals surface area contributed by atoms with E-state index in [-0.39, 0.29) is 18.6 Å². The number of aliphatic hydroxyl groups excluding tert-OH is 1. The fraction of sp³-hybridized carbons (Fsp3) is 0.462. The van der Waals surface area contributed by atoms with Crippen LogP contribution in [0.15, 0.2) is 18.2 Å². The van der Waals surface area contributed by atoms with Crippen LogP contribution in [0.2, 0.25) is 5.02 Å². The maximum Gasteiger partial charge on any atom is 0.246 e. The van der Waals surface area contributed by atoms with Gasteiger partial charge in [-0.25, -0.2) is 0 Å². The molecule has 0 bridgehead atoms. The molecule has 1 fully saturated rings. The molecule has 1 aromatic carbocycles. The molecule has 2 N–H and O–H groups in total. The molecule has 4 nitrogen and oxygen atoms in total. The molecule has 0 saturated carbocycles. The van der Waals surface area contributed by atoms with Crippen LogP contribution < -0.4 is 10.2 Å². The lowest BCUT2D eigenvalue weighted by molar-refractivity contribution is -0.123. The third-order valence-electron chi connectivity index (χ3n) is 3.25. The van der Waals surface area contributed by atoms with Gasteiger partial charge < -0.3 is 15.3 Å². The van der Waals surface area contributed by atoms with Gasteiger partial charge in [0.2, 0.25) is 5.91 Å². The number of halogens is 1. The zero-order valence-electron chi connectivity index (χ0n) is 10.5. The Morgan fingerprint density at radius 3 is 2.94 bits per heavy atom. The Morgan fingerprint density at radius 1 is 1.56 bits per heavy atom. The van der Waals surface area contributed by atoms with Gasteiger partial charge in [0.1, 0.15) is 6.04 Å². The molecule has 0 aromatic heterocycles. The summed E-state index contributed by atoms with van der Waals surface area (Å²) >= 11 is 6.00. The van der Waals surface area contributed by atoms with Gasteiger partial charge in [-0.05, 0) is 31.5 Å². The summed E-state index contributed by atoms with van der Waals surface area (Å²) in [5.74, 6) is -0.110. The molecule has 0 aliphatic carbocycles. The first-order valence-corrected chi connectivity index (χ1v) is 6.36. The molecule has 1 saturated heterocycles. The van der Waals surface area contributed by atoms with E-state index in [0.717, 1.165) is 11.3 Å². The van der Waals surface area contributed by atoms with E-state index in [2.05, 4.69) is 5.32 Å². The van der Waals surface area contributed by atoms with E-state index in [1.165, 1.54) is 0 Å².